The fourth-order valence-corrected chi connectivity index (χ4v) is 4.84. The Morgan fingerprint density at radius 1 is 1.15 bits per heavy atom. The van der Waals surface area contributed by atoms with Gasteiger partial charge in [-0.1, -0.05) is 11.2 Å². The van der Waals surface area contributed by atoms with Crippen LogP contribution in [0.2, 0.25) is 0 Å². The Labute approximate surface area is 191 Å². The quantitative estimate of drug-likeness (QED) is 0.553. The summed E-state index contributed by atoms with van der Waals surface area (Å²) in [5.74, 6) is 0.433. The van der Waals surface area contributed by atoms with Crippen LogP contribution in [0.3, 0.4) is 0 Å². The molecule has 1 aliphatic carbocycles. The zero-order valence-electron chi connectivity index (χ0n) is 18.7. The minimum absolute atomic E-state index is 0.00330. The highest BCUT2D eigenvalue weighted by Gasteiger charge is 2.32. The average molecular weight is 450 g/mol. The summed E-state index contributed by atoms with van der Waals surface area (Å²) in [7, 11) is 0. The predicted molar refractivity (Wildman–Crippen MR) is 122 cm³/mol. The normalized spacial score (nSPS) is 20.0. The van der Waals surface area contributed by atoms with E-state index in [1.54, 1.807) is 6.92 Å². The second-order valence-electron chi connectivity index (χ2n) is 8.86. The van der Waals surface area contributed by atoms with Crippen molar-refractivity contribution in [1.82, 2.24) is 15.0 Å². The summed E-state index contributed by atoms with van der Waals surface area (Å²) in [6, 6.07) is 9.74. The third kappa shape index (κ3) is 4.35. The van der Waals surface area contributed by atoms with E-state index in [0.29, 0.717) is 30.7 Å². The van der Waals surface area contributed by atoms with Gasteiger partial charge in [0, 0.05) is 46.1 Å². The van der Waals surface area contributed by atoms with Crippen LogP contribution >= 0.6 is 0 Å². The summed E-state index contributed by atoms with van der Waals surface area (Å²) in [5, 5.41) is 7.00. The van der Waals surface area contributed by atoms with Crippen molar-refractivity contribution in [1.29, 1.82) is 0 Å². The molecule has 1 aromatic heterocycles. The van der Waals surface area contributed by atoms with E-state index in [4.69, 9.17) is 9.26 Å². The number of Topliss-reactive ketones (excluding diaryl/α,β-unsaturated/α-hetero) is 2. The summed E-state index contributed by atoms with van der Waals surface area (Å²) in [5.41, 5.74) is 1.27. The van der Waals surface area contributed by atoms with E-state index < -0.39 is 5.92 Å². The molecule has 2 heterocycles. The topological polar surface area (TPSA) is 92.9 Å². The van der Waals surface area contributed by atoms with E-state index in [-0.39, 0.29) is 23.9 Å². The Hall–Kier alpha value is -3.26. The van der Waals surface area contributed by atoms with Crippen LogP contribution in [0.4, 0.5) is 0 Å². The number of amides is 1. The molecule has 2 aromatic carbocycles. The van der Waals surface area contributed by atoms with Gasteiger partial charge >= 0.3 is 0 Å². The molecule has 0 spiro atoms. The molecule has 0 bridgehead atoms. The van der Waals surface area contributed by atoms with Crippen molar-refractivity contribution in [2.45, 2.75) is 32.1 Å². The first-order valence-electron chi connectivity index (χ1n) is 11.5. The molecule has 3 aromatic rings. The van der Waals surface area contributed by atoms with Crippen molar-refractivity contribution in [2.75, 3.05) is 39.3 Å². The number of hydrogen-bond donors (Lipinski definition) is 0. The highest BCUT2D eigenvalue weighted by molar-refractivity contribution is 6.11. The molecule has 0 radical (unpaired) electrons. The molecule has 1 aliphatic heterocycles. The van der Waals surface area contributed by atoms with Gasteiger partial charge in [0.15, 0.2) is 5.58 Å². The third-order valence-electron chi connectivity index (χ3n) is 6.75. The second-order valence-corrected chi connectivity index (χ2v) is 8.86. The van der Waals surface area contributed by atoms with E-state index >= 15 is 0 Å². The van der Waals surface area contributed by atoms with Gasteiger partial charge in [-0.15, -0.1) is 0 Å². The Kier molecular flexibility index (Phi) is 5.85. The van der Waals surface area contributed by atoms with Crippen LogP contribution in [0.25, 0.3) is 21.7 Å². The first-order chi connectivity index (χ1) is 16.0. The minimum Gasteiger partial charge on any atom is -0.492 e. The minimum atomic E-state index is -0.394. The summed E-state index contributed by atoms with van der Waals surface area (Å²) in [6.07, 6.45) is 0.862. The molecular formula is C25H27N3O5. The van der Waals surface area contributed by atoms with Gasteiger partial charge in [-0.3, -0.25) is 19.3 Å². The summed E-state index contributed by atoms with van der Waals surface area (Å²) >= 11 is 0. The Bertz CT molecular complexity index is 1230. The van der Waals surface area contributed by atoms with Crippen LogP contribution in [0, 0.1) is 0 Å². The summed E-state index contributed by atoms with van der Waals surface area (Å²) in [6.45, 7) is 6.24. The highest BCUT2D eigenvalue weighted by atomic mass is 16.5. The van der Waals surface area contributed by atoms with Crippen molar-refractivity contribution >= 4 is 39.2 Å². The number of fused-ring (bicyclic) bond motifs is 3. The molecule has 1 atom stereocenters. The van der Waals surface area contributed by atoms with Crippen LogP contribution in [0.5, 0.6) is 5.75 Å². The van der Waals surface area contributed by atoms with Gasteiger partial charge in [-0.2, -0.15) is 0 Å². The maximum absolute atomic E-state index is 12.5. The van der Waals surface area contributed by atoms with E-state index in [2.05, 4.69) is 10.1 Å². The SMILES string of the molecule is CC(=O)N1CCN(CCOc2ccc3c(ccc4onc(C5CCC(=O)CC5=O)c43)c2)CC1. The number of ketones is 2. The molecule has 1 saturated heterocycles. The van der Waals surface area contributed by atoms with Crippen molar-refractivity contribution < 1.29 is 23.6 Å². The second kappa shape index (κ2) is 8.94. The number of piperazine rings is 1. The molecule has 8 nitrogen and oxygen atoms in total. The van der Waals surface area contributed by atoms with Crippen molar-refractivity contribution in [3.8, 4) is 5.75 Å². The van der Waals surface area contributed by atoms with Gasteiger partial charge in [-0.25, -0.2) is 0 Å². The zero-order valence-corrected chi connectivity index (χ0v) is 18.7. The molecule has 0 N–H and O–H groups in total. The molecule has 1 unspecified atom stereocenters. The van der Waals surface area contributed by atoms with Crippen LogP contribution < -0.4 is 4.74 Å². The van der Waals surface area contributed by atoms with Crippen molar-refractivity contribution in [3.63, 3.8) is 0 Å². The van der Waals surface area contributed by atoms with Crippen LogP contribution in [-0.4, -0.2) is 71.8 Å². The number of ether oxygens (including phenoxy) is 1. The van der Waals surface area contributed by atoms with E-state index in [1.165, 1.54) is 0 Å². The van der Waals surface area contributed by atoms with Gasteiger partial charge in [0.2, 0.25) is 5.91 Å². The maximum Gasteiger partial charge on any atom is 0.219 e. The van der Waals surface area contributed by atoms with Gasteiger partial charge in [0.25, 0.3) is 0 Å². The van der Waals surface area contributed by atoms with Crippen molar-refractivity contribution in [3.05, 3.63) is 36.0 Å². The third-order valence-corrected chi connectivity index (χ3v) is 6.75. The number of aromatic nitrogens is 1. The standard InChI is InChI=1S/C25H27N3O5/c1-16(29)28-10-8-27(9-11-28)12-13-32-19-4-6-20-17(14-19)2-7-23-24(20)25(26-33-23)21-5-3-18(30)15-22(21)31/h2,4,6-7,14,21H,3,5,8-13,15H2,1H3. The molecule has 2 fully saturated rings. The lowest BCUT2D eigenvalue weighted by molar-refractivity contribution is -0.131. The van der Waals surface area contributed by atoms with Crippen LogP contribution in [0.15, 0.2) is 34.9 Å². The number of rotatable bonds is 5. The number of carbonyl (C=O) groups is 3. The average Bonchev–Trinajstić information content (AvgIpc) is 3.23. The Balaban J connectivity index is 1.30. The maximum atomic E-state index is 12.5. The summed E-state index contributed by atoms with van der Waals surface area (Å²) in [4.78, 5) is 39.8. The van der Waals surface area contributed by atoms with Gasteiger partial charge in [-0.05, 0) is 41.5 Å². The van der Waals surface area contributed by atoms with E-state index in [0.717, 1.165) is 54.6 Å². The molecule has 2 aliphatic rings. The molecule has 5 rings (SSSR count). The van der Waals surface area contributed by atoms with Gasteiger partial charge < -0.3 is 14.2 Å². The summed E-state index contributed by atoms with van der Waals surface area (Å²) < 4.78 is 11.5. The Morgan fingerprint density at radius 3 is 2.73 bits per heavy atom. The zero-order chi connectivity index (χ0) is 22.9. The number of nitrogens with zero attached hydrogens (tertiary/aromatic N) is 3. The van der Waals surface area contributed by atoms with Crippen LogP contribution in [-0.2, 0) is 14.4 Å². The fourth-order valence-electron chi connectivity index (χ4n) is 4.84. The van der Waals surface area contributed by atoms with Crippen molar-refractivity contribution in [2.24, 2.45) is 0 Å². The molecule has 1 amide bonds. The smallest absolute Gasteiger partial charge is 0.219 e. The molecular weight excluding hydrogens is 422 g/mol. The van der Waals surface area contributed by atoms with Gasteiger partial charge in [0.05, 0.1) is 17.7 Å². The monoisotopic (exact) mass is 449 g/mol. The first kappa shape index (κ1) is 21.6. The lowest BCUT2D eigenvalue weighted by atomic mass is 9.83. The van der Waals surface area contributed by atoms with E-state index in [9.17, 15) is 14.4 Å². The molecule has 8 heteroatoms. The molecule has 33 heavy (non-hydrogen) atoms. The predicted octanol–water partition coefficient (Wildman–Crippen LogP) is 2.93. The number of carbonyl (C=O) groups excluding carboxylic acids is 3. The lowest BCUT2D eigenvalue weighted by Crippen LogP contribution is -2.48. The molecule has 172 valence electrons. The molecule has 1 saturated carbocycles. The fraction of sp³-hybridized carbons (Fsp3) is 0.440. The van der Waals surface area contributed by atoms with E-state index in [1.807, 2.05) is 35.2 Å². The highest BCUT2D eigenvalue weighted by Crippen LogP contribution is 2.37. The number of hydrogen-bond acceptors (Lipinski definition) is 7. The lowest BCUT2D eigenvalue weighted by Gasteiger charge is -2.34. The largest absolute Gasteiger partial charge is 0.492 e. The number of benzene rings is 2. The van der Waals surface area contributed by atoms with Crippen LogP contribution in [0.1, 0.15) is 37.8 Å². The van der Waals surface area contributed by atoms with Gasteiger partial charge in [0.1, 0.15) is 29.6 Å². The Morgan fingerprint density at radius 2 is 1.97 bits per heavy atom. The first-order valence-corrected chi connectivity index (χ1v) is 11.5.